The van der Waals surface area contributed by atoms with Gasteiger partial charge in [-0.05, 0) is 20.8 Å². The first-order valence-corrected chi connectivity index (χ1v) is 8.24. The first-order chi connectivity index (χ1) is 9.75. The molecular formula is C12H21N5O3S. The summed E-state index contributed by atoms with van der Waals surface area (Å²) in [6.07, 6.45) is 0. The number of nitrogens with zero attached hydrogens (tertiary/aromatic N) is 3. The van der Waals surface area contributed by atoms with Gasteiger partial charge in [0.05, 0.1) is 17.4 Å². The maximum absolute atomic E-state index is 12.7. The fraction of sp³-hybridized carbons (Fsp3) is 0.667. The number of sulfonamides is 1. The summed E-state index contributed by atoms with van der Waals surface area (Å²) in [5.74, 6) is -0.396. The van der Waals surface area contributed by atoms with Crippen molar-refractivity contribution in [3.05, 3.63) is 11.4 Å². The summed E-state index contributed by atoms with van der Waals surface area (Å²) in [6, 6.07) is -0.382. The van der Waals surface area contributed by atoms with E-state index in [-0.39, 0.29) is 10.9 Å². The summed E-state index contributed by atoms with van der Waals surface area (Å²) in [5, 5.41) is 6.64. The standard InChI is InChI=1S/C12H21N5O3S/c1-8-11(9(2)15-14-8)21(19,20)17-6-4-16(5-7-17)10(3)12(13)18/h10H,4-7H2,1-3H3,(H2,13,18)(H,14,15). The van der Waals surface area contributed by atoms with Gasteiger partial charge in [0, 0.05) is 26.2 Å². The van der Waals surface area contributed by atoms with E-state index >= 15 is 0 Å². The van der Waals surface area contributed by atoms with E-state index in [9.17, 15) is 13.2 Å². The van der Waals surface area contributed by atoms with E-state index in [0.29, 0.717) is 37.6 Å². The van der Waals surface area contributed by atoms with E-state index in [0.717, 1.165) is 0 Å². The van der Waals surface area contributed by atoms with Gasteiger partial charge < -0.3 is 5.73 Å². The van der Waals surface area contributed by atoms with Gasteiger partial charge in [0.1, 0.15) is 4.90 Å². The fourth-order valence-electron chi connectivity index (χ4n) is 2.56. The van der Waals surface area contributed by atoms with Crippen LogP contribution in [0.4, 0.5) is 0 Å². The Hall–Kier alpha value is -1.45. The maximum atomic E-state index is 12.7. The van der Waals surface area contributed by atoms with Gasteiger partial charge in [-0.15, -0.1) is 0 Å². The zero-order valence-electron chi connectivity index (χ0n) is 12.5. The monoisotopic (exact) mass is 315 g/mol. The number of aromatic nitrogens is 2. The predicted molar refractivity (Wildman–Crippen MR) is 77.0 cm³/mol. The van der Waals surface area contributed by atoms with Gasteiger partial charge >= 0.3 is 0 Å². The van der Waals surface area contributed by atoms with Crippen molar-refractivity contribution >= 4 is 15.9 Å². The molecule has 1 unspecified atom stereocenters. The van der Waals surface area contributed by atoms with Gasteiger partial charge in [0.25, 0.3) is 0 Å². The summed E-state index contributed by atoms with van der Waals surface area (Å²) in [6.45, 7) is 6.74. The lowest BCUT2D eigenvalue weighted by Crippen LogP contribution is -2.54. The highest BCUT2D eigenvalue weighted by atomic mass is 32.2. The van der Waals surface area contributed by atoms with Crippen LogP contribution in [0.1, 0.15) is 18.3 Å². The molecule has 0 saturated carbocycles. The lowest BCUT2D eigenvalue weighted by molar-refractivity contribution is -0.123. The highest BCUT2D eigenvalue weighted by Gasteiger charge is 2.33. The number of hydrogen-bond donors (Lipinski definition) is 2. The Morgan fingerprint density at radius 2 is 1.86 bits per heavy atom. The Bertz CT molecular complexity index is 612. The normalized spacial score (nSPS) is 19.6. The number of nitrogens with two attached hydrogens (primary N) is 1. The zero-order chi connectivity index (χ0) is 15.8. The van der Waals surface area contributed by atoms with E-state index in [1.54, 1.807) is 20.8 Å². The van der Waals surface area contributed by atoms with Crippen molar-refractivity contribution in [2.75, 3.05) is 26.2 Å². The van der Waals surface area contributed by atoms with Crippen LogP contribution in [0.5, 0.6) is 0 Å². The van der Waals surface area contributed by atoms with Crippen molar-refractivity contribution in [1.29, 1.82) is 0 Å². The second kappa shape index (κ2) is 5.74. The Morgan fingerprint density at radius 3 is 2.29 bits per heavy atom. The largest absolute Gasteiger partial charge is 0.368 e. The number of amides is 1. The molecule has 21 heavy (non-hydrogen) atoms. The second-order valence-electron chi connectivity index (χ2n) is 5.28. The molecule has 1 aromatic rings. The molecule has 118 valence electrons. The first-order valence-electron chi connectivity index (χ1n) is 6.80. The molecule has 3 N–H and O–H groups in total. The number of hydrogen-bond acceptors (Lipinski definition) is 5. The number of carbonyl (C=O) groups excluding carboxylic acids is 1. The molecule has 0 aliphatic carbocycles. The molecule has 0 spiro atoms. The van der Waals surface area contributed by atoms with E-state index in [2.05, 4.69) is 10.2 Å². The topological polar surface area (TPSA) is 112 Å². The van der Waals surface area contributed by atoms with Crippen LogP contribution in [0.3, 0.4) is 0 Å². The van der Waals surface area contributed by atoms with Crippen molar-refractivity contribution in [2.45, 2.75) is 31.7 Å². The molecular weight excluding hydrogens is 294 g/mol. The highest BCUT2D eigenvalue weighted by molar-refractivity contribution is 7.89. The number of rotatable bonds is 4. The number of primary amides is 1. The summed E-state index contributed by atoms with van der Waals surface area (Å²) in [4.78, 5) is 13.3. The minimum absolute atomic E-state index is 0.249. The van der Waals surface area contributed by atoms with Gasteiger partial charge in [0.15, 0.2) is 0 Å². The molecule has 1 fully saturated rings. The Kier molecular flexibility index (Phi) is 4.35. The lowest BCUT2D eigenvalue weighted by Gasteiger charge is -2.36. The van der Waals surface area contributed by atoms with Gasteiger partial charge in [-0.3, -0.25) is 14.8 Å². The fourth-order valence-corrected chi connectivity index (χ4v) is 4.31. The summed E-state index contributed by atoms with van der Waals surface area (Å²) in [7, 11) is -3.55. The van der Waals surface area contributed by atoms with Crippen molar-refractivity contribution in [1.82, 2.24) is 19.4 Å². The van der Waals surface area contributed by atoms with Gasteiger partial charge in [0.2, 0.25) is 15.9 Å². The number of piperazine rings is 1. The van der Waals surface area contributed by atoms with E-state index in [1.807, 2.05) is 4.90 Å². The molecule has 1 aliphatic rings. The zero-order valence-corrected chi connectivity index (χ0v) is 13.3. The lowest BCUT2D eigenvalue weighted by atomic mass is 10.2. The van der Waals surface area contributed by atoms with Crippen LogP contribution in [-0.4, -0.2) is 65.9 Å². The molecule has 0 aromatic carbocycles. The Labute approximate surface area is 124 Å². The van der Waals surface area contributed by atoms with Crippen LogP contribution in [-0.2, 0) is 14.8 Å². The Balaban J connectivity index is 2.14. The third-order valence-electron chi connectivity index (χ3n) is 3.89. The van der Waals surface area contributed by atoms with Crippen LogP contribution >= 0.6 is 0 Å². The molecule has 1 saturated heterocycles. The van der Waals surface area contributed by atoms with E-state index in [1.165, 1.54) is 4.31 Å². The molecule has 1 aliphatic heterocycles. The van der Waals surface area contributed by atoms with Crippen molar-refractivity contribution < 1.29 is 13.2 Å². The number of H-pyrrole nitrogens is 1. The number of aromatic amines is 1. The maximum Gasteiger partial charge on any atom is 0.246 e. The average molecular weight is 315 g/mol. The minimum Gasteiger partial charge on any atom is -0.368 e. The number of nitrogens with one attached hydrogen (secondary N) is 1. The molecule has 2 heterocycles. The second-order valence-corrected chi connectivity index (χ2v) is 7.16. The molecule has 1 amide bonds. The third kappa shape index (κ3) is 2.94. The third-order valence-corrected chi connectivity index (χ3v) is 6.05. The van der Waals surface area contributed by atoms with Crippen LogP contribution in [0.25, 0.3) is 0 Å². The number of carbonyl (C=O) groups is 1. The predicted octanol–water partition coefficient (Wildman–Crippen LogP) is -0.793. The van der Waals surface area contributed by atoms with Crippen molar-refractivity contribution in [3.63, 3.8) is 0 Å². The smallest absolute Gasteiger partial charge is 0.246 e. The molecule has 8 nitrogen and oxygen atoms in total. The number of aryl methyl sites for hydroxylation is 2. The summed E-state index contributed by atoms with van der Waals surface area (Å²) >= 11 is 0. The van der Waals surface area contributed by atoms with Gasteiger partial charge in [-0.1, -0.05) is 0 Å². The van der Waals surface area contributed by atoms with E-state index in [4.69, 9.17) is 5.73 Å². The Morgan fingerprint density at radius 1 is 1.29 bits per heavy atom. The quantitative estimate of drug-likeness (QED) is 0.756. The molecule has 1 aromatic heterocycles. The molecule has 0 bridgehead atoms. The van der Waals surface area contributed by atoms with Gasteiger partial charge in [-0.25, -0.2) is 8.42 Å². The molecule has 0 radical (unpaired) electrons. The van der Waals surface area contributed by atoms with Crippen LogP contribution in [0.2, 0.25) is 0 Å². The molecule has 2 rings (SSSR count). The van der Waals surface area contributed by atoms with Crippen molar-refractivity contribution in [3.8, 4) is 0 Å². The molecule has 9 heteroatoms. The van der Waals surface area contributed by atoms with Crippen LogP contribution < -0.4 is 5.73 Å². The minimum atomic E-state index is -3.55. The summed E-state index contributed by atoms with van der Waals surface area (Å²) < 4.78 is 26.7. The van der Waals surface area contributed by atoms with Crippen LogP contribution in [0.15, 0.2) is 4.90 Å². The molecule has 1 atom stereocenters. The SMILES string of the molecule is Cc1n[nH]c(C)c1S(=O)(=O)N1CCN(C(C)C(N)=O)CC1. The van der Waals surface area contributed by atoms with Crippen LogP contribution in [0, 0.1) is 13.8 Å². The highest BCUT2D eigenvalue weighted by Crippen LogP contribution is 2.23. The van der Waals surface area contributed by atoms with E-state index < -0.39 is 15.9 Å². The summed E-state index contributed by atoms with van der Waals surface area (Å²) in [5.41, 5.74) is 6.29. The first kappa shape index (κ1) is 15.9. The average Bonchev–Trinajstić information content (AvgIpc) is 2.78. The van der Waals surface area contributed by atoms with Crippen molar-refractivity contribution in [2.24, 2.45) is 5.73 Å². The van der Waals surface area contributed by atoms with Gasteiger partial charge in [-0.2, -0.15) is 9.40 Å².